The van der Waals surface area contributed by atoms with Crippen molar-refractivity contribution in [3.05, 3.63) is 72.4 Å². The second-order valence-electron chi connectivity index (χ2n) is 6.59. The molecular formula is C21H22N3+. The van der Waals surface area contributed by atoms with Crippen LogP contribution in [0.1, 0.15) is 12.5 Å². The van der Waals surface area contributed by atoms with Crippen molar-refractivity contribution < 1.29 is 0 Å². The van der Waals surface area contributed by atoms with Crippen LogP contribution in [0.5, 0.6) is 0 Å². The third-order valence-electron chi connectivity index (χ3n) is 5.03. The molecule has 0 amide bonds. The van der Waals surface area contributed by atoms with Crippen molar-refractivity contribution in [3.63, 3.8) is 0 Å². The summed E-state index contributed by atoms with van der Waals surface area (Å²) in [4.78, 5) is 8.33. The number of quaternary nitrogens is 1. The lowest BCUT2D eigenvalue weighted by Gasteiger charge is -2.31. The van der Waals surface area contributed by atoms with Crippen LogP contribution in [-0.4, -0.2) is 23.6 Å². The summed E-state index contributed by atoms with van der Waals surface area (Å²) in [6.07, 6.45) is 2.14. The van der Waals surface area contributed by atoms with E-state index in [0.29, 0.717) is 0 Å². The maximum atomic E-state index is 4.94. The summed E-state index contributed by atoms with van der Waals surface area (Å²) in [7, 11) is 2.26. The minimum absolute atomic E-state index is 0.784. The van der Waals surface area contributed by atoms with E-state index in [1.807, 2.05) is 0 Å². The van der Waals surface area contributed by atoms with Gasteiger partial charge in [-0.3, -0.25) is 4.48 Å². The van der Waals surface area contributed by atoms with Crippen molar-refractivity contribution >= 4 is 27.6 Å². The first-order chi connectivity index (χ1) is 11.7. The van der Waals surface area contributed by atoms with Crippen LogP contribution >= 0.6 is 0 Å². The second-order valence-corrected chi connectivity index (χ2v) is 6.59. The Morgan fingerprint density at radius 3 is 2.62 bits per heavy atom. The third-order valence-corrected chi connectivity index (χ3v) is 5.03. The number of benzene rings is 2. The van der Waals surface area contributed by atoms with E-state index in [1.165, 1.54) is 21.9 Å². The molecule has 0 bridgehead atoms. The van der Waals surface area contributed by atoms with Gasteiger partial charge in [-0.15, -0.1) is 0 Å². The number of fused-ring (bicyclic) bond motifs is 2. The molecule has 3 nitrogen and oxygen atoms in total. The molecule has 0 radical (unpaired) electrons. The molecule has 1 atom stereocenters. The van der Waals surface area contributed by atoms with E-state index < -0.39 is 0 Å². The predicted octanol–water partition coefficient (Wildman–Crippen LogP) is 4.87. The van der Waals surface area contributed by atoms with Gasteiger partial charge in [0.15, 0.2) is 0 Å². The third kappa shape index (κ3) is 2.47. The van der Waals surface area contributed by atoms with Crippen LogP contribution in [0.15, 0.2) is 66.9 Å². The fourth-order valence-electron chi connectivity index (χ4n) is 3.35. The molecule has 0 aliphatic carbocycles. The van der Waals surface area contributed by atoms with E-state index in [9.17, 15) is 0 Å². The van der Waals surface area contributed by atoms with E-state index in [1.54, 1.807) is 0 Å². The van der Waals surface area contributed by atoms with Gasteiger partial charge in [0, 0.05) is 34.1 Å². The monoisotopic (exact) mass is 316 g/mol. The summed E-state index contributed by atoms with van der Waals surface area (Å²) in [6.45, 7) is 4.14. The smallest absolute Gasteiger partial charge is 0.228 e. The Bertz CT molecular complexity index is 1000. The van der Waals surface area contributed by atoms with E-state index in [4.69, 9.17) is 4.98 Å². The van der Waals surface area contributed by atoms with E-state index in [0.717, 1.165) is 28.9 Å². The molecule has 4 rings (SSSR count). The van der Waals surface area contributed by atoms with E-state index in [-0.39, 0.29) is 0 Å². The second kappa shape index (κ2) is 5.77. The zero-order valence-corrected chi connectivity index (χ0v) is 14.2. The Balaban J connectivity index is 1.77. The van der Waals surface area contributed by atoms with Crippen molar-refractivity contribution in [3.8, 4) is 0 Å². The van der Waals surface area contributed by atoms with Crippen LogP contribution in [0, 0.1) is 0 Å². The lowest BCUT2D eigenvalue weighted by atomic mass is 10.1. The Morgan fingerprint density at radius 2 is 1.75 bits per heavy atom. The van der Waals surface area contributed by atoms with Gasteiger partial charge >= 0.3 is 0 Å². The minimum Gasteiger partial charge on any atom is -0.361 e. The predicted molar refractivity (Wildman–Crippen MR) is 102 cm³/mol. The summed E-state index contributed by atoms with van der Waals surface area (Å²) in [6, 6.07) is 21.1. The van der Waals surface area contributed by atoms with Crippen LogP contribution in [0.4, 0.5) is 5.82 Å². The maximum absolute atomic E-state index is 4.94. The molecule has 0 saturated carbocycles. The van der Waals surface area contributed by atoms with Crippen molar-refractivity contribution in [1.29, 1.82) is 0 Å². The number of hydrogen-bond acceptors (Lipinski definition) is 1. The van der Waals surface area contributed by atoms with Crippen LogP contribution in [0.2, 0.25) is 0 Å². The molecule has 0 aliphatic heterocycles. The molecule has 120 valence electrons. The highest BCUT2D eigenvalue weighted by Gasteiger charge is 2.26. The van der Waals surface area contributed by atoms with Gasteiger partial charge in [-0.1, -0.05) is 36.4 Å². The van der Waals surface area contributed by atoms with Crippen LogP contribution in [0.3, 0.4) is 0 Å². The molecule has 0 fully saturated rings. The van der Waals surface area contributed by atoms with Gasteiger partial charge in [-0.25, -0.2) is 0 Å². The normalized spacial score (nSPS) is 14.1. The Morgan fingerprint density at radius 1 is 0.958 bits per heavy atom. The van der Waals surface area contributed by atoms with E-state index in [2.05, 4.69) is 85.8 Å². The SMILES string of the molecule is CC[N+](C)(Cc1c[nH]c2ccccc12)c1ccc2ccccc2n1. The number of rotatable bonds is 4. The van der Waals surface area contributed by atoms with Gasteiger partial charge in [0.1, 0.15) is 6.54 Å². The summed E-state index contributed by atoms with van der Waals surface area (Å²) < 4.78 is 0.784. The summed E-state index contributed by atoms with van der Waals surface area (Å²) in [5, 5.41) is 2.49. The molecule has 2 aromatic heterocycles. The molecule has 24 heavy (non-hydrogen) atoms. The molecule has 1 N–H and O–H groups in total. The average molecular weight is 316 g/mol. The van der Waals surface area contributed by atoms with Crippen LogP contribution in [0.25, 0.3) is 21.8 Å². The highest BCUT2D eigenvalue weighted by atomic mass is 15.4. The Labute approximate surface area is 142 Å². The largest absolute Gasteiger partial charge is 0.361 e. The highest BCUT2D eigenvalue weighted by molar-refractivity contribution is 5.83. The van der Waals surface area contributed by atoms with Gasteiger partial charge in [-0.05, 0) is 25.1 Å². The number of para-hydroxylation sites is 2. The van der Waals surface area contributed by atoms with Crippen molar-refractivity contribution in [2.75, 3.05) is 13.6 Å². The molecular weight excluding hydrogens is 294 g/mol. The fourth-order valence-corrected chi connectivity index (χ4v) is 3.35. The van der Waals surface area contributed by atoms with Gasteiger partial charge in [-0.2, -0.15) is 4.98 Å². The van der Waals surface area contributed by atoms with Crippen molar-refractivity contribution in [2.24, 2.45) is 0 Å². The van der Waals surface area contributed by atoms with Gasteiger partial charge in [0.25, 0.3) is 0 Å². The van der Waals surface area contributed by atoms with Crippen molar-refractivity contribution in [2.45, 2.75) is 13.5 Å². The summed E-state index contributed by atoms with van der Waals surface area (Å²) in [5.74, 6) is 1.11. The fraction of sp³-hybridized carbons (Fsp3) is 0.190. The summed E-state index contributed by atoms with van der Waals surface area (Å²) in [5.41, 5.74) is 3.60. The maximum Gasteiger partial charge on any atom is 0.228 e. The molecule has 2 heterocycles. The molecule has 0 saturated heterocycles. The van der Waals surface area contributed by atoms with Crippen molar-refractivity contribution in [1.82, 2.24) is 14.5 Å². The van der Waals surface area contributed by atoms with Crippen LogP contribution in [-0.2, 0) is 6.54 Å². The minimum atomic E-state index is 0.784. The molecule has 4 aromatic rings. The first kappa shape index (κ1) is 14.9. The number of nitrogens with zero attached hydrogens (tertiary/aromatic N) is 2. The van der Waals surface area contributed by atoms with Crippen LogP contribution < -0.4 is 4.48 Å². The molecule has 3 heteroatoms. The first-order valence-electron chi connectivity index (χ1n) is 8.45. The number of nitrogens with one attached hydrogen (secondary N) is 1. The Kier molecular flexibility index (Phi) is 3.58. The van der Waals surface area contributed by atoms with E-state index >= 15 is 0 Å². The first-order valence-corrected chi connectivity index (χ1v) is 8.45. The molecule has 2 aromatic carbocycles. The Hall–Kier alpha value is -2.65. The van der Waals surface area contributed by atoms with Gasteiger partial charge in [0.2, 0.25) is 5.82 Å². The van der Waals surface area contributed by atoms with Gasteiger partial charge < -0.3 is 4.98 Å². The average Bonchev–Trinajstić information content (AvgIpc) is 3.04. The molecule has 0 aliphatic rings. The van der Waals surface area contributed by atoms with Gasteiger partial charge in [0.05, 0.1) is 19.1 Å². The number of pyridine rings is 1. The number of aromatic amines is 1. The number of hydrogen-bond donors (Lipinski definition) is 1. The lowest BCUT2D eigenvalue weighted by molar-refractivity contribution is 0.332. The lowest BCUT2D eigenvalue weighted by Crippen LogP contribution is -2.44. The topological polar surface area (TPSA) is 28.7 Å². The zero-order chi connectivity index (χ0) is 16.6. The molecule has 1 unspecified atom stereocenters. The zero-order valence-electron chi connectivity index (χ0n) is 14.2. The standard InChI is InChI=1S/C21H22N3/c1-3-24(2,15-17-14-22-20-11-7-5-9-18(17)20)21-13-12-16-8-4-6-10-19(16)23-21/h4-14,22H,3,15H2,1-2H3/q+1. The molecule has 0 spiro atoms. The quantitative estimate of drug-likeness (QED) is 0.534. The summed E-state index contributed by atoms with van der Waals surface area (Å²) >= 11 is 0. The number of aromatic nitrogens is 2. The number of H-pyrrole nitrogens is 1. The highest BCUT2D eigenvalue weighted by Crippen LogP contribution is 2.27.